The number of nitrogens with zero attached hydrogens (tertiary/aromatic N) is 2. The second-order valence-electron chi connectivity index (χ2n) is 4.89. The molecular formula is C14H17N3OS. The fourth-order valence-corrected chi connectivity index (χ4v) is 3.23. The highest BCUT2D eigenvalue weighted by Gasteiger charge is 2.16. The largest absolute Gasteiger partial charge is 0.325 e. The number of anilines is 1. The first-order valence-corrected chi connectivity index (χ1v) is 7.47. The van der Waals surface area contributed by atoms with Crippen LogP contribution in [-0.4, -0.2) is 29.0 Å². The van der Waals surface area contributed by atoms with E-state index in [0.717, 1.165) is 46.8 Å². The summed E-state index contributed by atoms with van der Waals surface area (Å²) in [6.45, 7) is 3.73. The molecule has 1 aromatic heterocycles. The number of thiazole rings is 1. The van der Waals surface area contributed by atoms with E-state index in [4.69, 9.17) is 0 Å². The average Bonchev–Trinajstić information content (AvgIpc) is 2.79. The van der Waals surface area contributed by atoms with Crippen molar-refractivity contribution in [1.29, 1.82) is 0 Å². The molecule has 1 N–H and O–H groups in total. The highest BCUT2D eigenvalue weighted by Crippen LogP contribution is 2.24. The standard InChI is InChI=1S/C14H17N3OS/c1-10-15-12-9-11(5-6-13(12)19-10)16-14(18)17-7-3-2-4-8-17/h5-6,9H,2-4,7-8H2,1H3,(H,16,18). The van der Waals surface area contributed by atoms with E-state index in [0.29, 0.717) is 0 Å². The van der Waals surface area contributed by atoms with Gasteiger partial charge in [-0.1, -0.05) is 0 Å². The van der Waals surface area contributed by atoms with Gasteiger partial charge in [-0.25, -0.2) is 9.78 Å². The minimum Gasteiger partial charge on any atom is -0.325 e. The van der Waals surface area contributed by atoms with E-state index >= 15 is 0 Å². The minimum absolute atomic E-state index is 0.00556. The van der Waals surface area contributed by atoms with E-state index in [1.807, 2.05) is 30.0 Å². The smallest absolute Gasteiger partial charge is 0.321 e. The van der Waals surface area contributed by atoms with Crippen molar-refractivity contribution in [3.63, 3.8) is 0 Å². The third-order valence-electron chi connectivity index (χ3n) is 3.39. The van der Waals surface area contributed by atoms with Crippen LogP contribution < -0.4 is 5.32 Å². The molecule has 0 unspecified atom stereocenters. The van der Waals surface area contributed by atoms with Crippen molar-refractivity contribution in [2.24, 2.45) is 0 Å². The van der Waals surface area contributed by atoms with Crippen molar-refractivity contribution in [3.8, 4) is 0 Å². The van der Waals surface area contributed by atoms with Gasteiger partial charge in [-0.15, -0.1) is 11.3 Å². The number of hydrogen-bond acceptors (Lipinski definition) is 3. The Kier molecular flexibility index (Phi) is 3.38. The molecule has 1 aliphatic rings. The Morgan fingerprint density at radius 2 is 2.11 bits per heavy atom. The molecule has 2 heterocycles. The number of aromatic nitrogens is 1. The molecule has 3 rings (SSSR count). The molecule has 1 aromatic carbocycles. The zero-order chi connectivity index (χ0) is 13.2. The number of carbonyl (C=O) groups is 1. The highest BCUT2D eigenvalue weighted by molar-refractivity contribution is 7.18. The molecule has 0 aliphatic carbocycles. The molecule has 0 spiro atoms. The summed E-state index contributed by atoms with van der Waals surface area (Å²) in [5.74, 6) is 0. The fourth-order valence-electron chi connectivity index (χ4n) is 2.42. The Bertz CT molecular complexity index is 602. The summed E-state index contributed by atoms with van der Waals surface area (Å²) in [5, 5.41) is 4.02. The lowest BCUT2D eigenvalue weighted by molar-refractivity contribution is 0.200. The topological polar surface area (TPSA) is 45.2 Å². The number of fused-ring (bicyclic) bond motifs is 1. The van der Waals surface area contributed by atoms with E-state index in [-0.39, 0.29) is 6.03 Å². The van der Waals surface area contributed by atoms with Gasteiger partial charge in [-0.2, -0.15) is 0 Å². The van der Waals surface area contributed by atoms with E-state index in [9.17, 15) is 4.79 Å². The maximum atomic E-state index is 12.1. The van der Waals surface area contributed by atoms with Gasteiger partial charge in [0, 0.05) is 18.8 Å². The Morgan fingerprint density at radius 3 is 2.89 bits per heavy atom. The first kappa shape index (κ1) is 12.4. The lowest BCUT2D eigenvalue weighted by Gasteiger charge is -2.26. The predicted octanol–water partition coefficient (Wildman–Crippen LogP) is 3.62. The lowest BCUT2D eigenvalue weighted by Crippen LogP contribution is -2.38. The van der Waals surface area contributed by atoms with Crippen LogP contribution in [0.2, 0.25) is 0 Å². The third-order valence-corrected chi connectivity index (χ3v) is 4.34. The number of carbonyl (C=O) groups excluding carboxylic acids is 1. The van der Waals surface area contributed by atoms with E-state index in [1.165, 1.54) is 6.42 Å². The van der Waals surface area contributed by atoms with Crippen molar-refractivity contribution in [1.82, 2.24) is 9.88 Å². The van der Waals surface area contributed by atoms with Gasteiger partial charge in [0.2, 0.25) is 0 Å². The maximum Gasteiger partial charge on any atom is 0.321 e. The Hall–Kier alpha value is -1.62. The zero-order valence-corrected chi connectivity index (χ0v) is 11.8. The zero-order valence-electron chi connectivity index (χ0n) is 11.0. The van der Waals surface area contributed by atoms with Gasteiger partial charge >= 0.3 is 6.03 Å². The summed E-state index contributed by atoms with van der Waals surface area (Å²) in [5.41, 5.74) is 1.78. The van der Waals surface area contributed by atoms with Crippen LogP contribution in [0.4, 0.5) is 10.5 Å². The maximum absolute atomic E-state index is 12.1. The number of aryl methyl sites for hydroxylation is 1. The molecule has 1 saturated heterocycles. The van der Waals surface area contributed by atoms with E-state index in [1.54, 1.807) is 11.3 Å². The summed E-state index contributed by atoms with van der Waals surface area (Å²) in [4.78, 5) is 18.4. The molecule has 100 valence electrons. The first-order chi connectivity index (χ1) is 9.22. The summed E-state index contributed by atoms with van der Waals surface area (Å²) < 4.78 is 1.16. The van der Waals surface area contributed by atoms with Crippen LogP contribution in [0.3, 0.4) is 0 Å². The molecule has 0 atom stereocenters. The fraction of sp³-hybridized carbons (Fsp3) is 0.429. The van der Waals surface area contributed by atoms with Crippen LogP contribution in [0.25, 0.3) is 10.2 Å². The Morgan fingerprint density at radius 1 is 1.32 bits per heavy atom. The number of piperidine rings is 1. The van der Waals surface area contributed by atoms with Crippen molar-refractivity contribution < 1.29 is 4.79 Å². The van der Waals surface area contributed by atoms with Gasteiger partial charge < -0.3 is 10.2 Å². The molecule has 0 radical (unpaired) electrons. The summed E-state index contributed by atoms with van der Waals surface area (Å²) in [6, 6.07) is 5.92. The highest BCUT2D eigenvalue weighted by atomic mass is 32.1. The predicted molar refractivity (Wildman–Crippen MR) is 78.8 cm³/mol. The van der Waals surface area contributed by atoms with Crippen LogP contribution >= 0.6 is 11.3 Å². The lowest BCUT2D eigenvalue weighted by atomic mass is 10.1. The molecular weight excluding hydrogens is 258 g/mol. The Balaban J connectivity index is 1.74. The molecule has 5 heteroatoms. The van der Waals surface area contributed by atoms with E-state index in [2.05, 4.69) is 10.3 Å². The molecule has 19 heavy (non-hydrogen) atoms. The molecule has 0 saturated carbocycles. The first-order valence-electron chi connectivity index (χ1n) is 6.65. The van der Waals surface area contributed by atoms with Gasteiger partial charge in [0.1, 0.15) is 0 Å². The number of hydrogen-bond donors (Lipinski definition) is 1. The van der Waals surface area contributed by atoms with Crippen LogP contribution in [0, 0.1) is 6.92 Å². The quantitative estimate of drug-likeness (QED) is 0.864. The molecule has 1 fully saturated rings. The summed E-state index contributed by atoms with van der Waals surface area (Å²) in [7, 11) is 0. The number of amides is 2. The third kappa shape index (κ3) is 2.71. The van der Waals surface area contributed by atoms with Gasteiger partial charge in [0.05, 0.1) is 15.2 Å². The monoisotopic (exact) mass is 275 g/mol. The number of rotatable bonds is 1. The van der Waals surface area contributed by atoms with E-state index < -0.39 is 0 Å². The van der Waals surface area contributed by atoms with Crippen LogP contribution in [0.5, 0.6) is 0 Å². The van der Waals surface area contributed by atoms with Gasteiger partial charge in [-0.3, -0.25) is 0 Å². The van der Waals surface area contributed by atoms with Crippen molar-refractivity contribution in [3.05, 3.63) is 23.2 Å². The van der Waals surface area contributed by atoms with Gasteiger partial charge in [-0.05, 0) is 44.4 Å². The molecule has 0 bridgehead atoms. The summed E-state index contributed by atoms with van der Waals surface area (Å²) in [6.07, 6.45) is 3.45. The second-order valence-corrected chi connectivity index (χ2v) is 6.13. The normalized spacial score (nSPS) is 15.7. The molecule has 2 amide bonds. The average molecular weight is 275 g/mol. The molecule has 2 aromatic rings. The Labute approximate surface area is 116 Å². The molecule has 1 aliphatic heterocycles. The molecule has 4 nitrogen and oxygen atoms in total. The number of likely N-dealkylation sites (tertiary alicyclic amines) is 1. The van der Waals surface area contributed by atoms with Crippen LogP contribution in [0.1, 0.15) is 24.3 Å². The number of benzene rings is 1. The number of urea groups is 1. The van der Waals surface area contributed by atoms with Crippen LogP contribution in [0.15, 0.2) is 18.2 Å². The van der Waals surface area contributed by atoms with Gasteiger partial charge in [0.25, 0.3) is 0 Å². The minimum atomic E-state index is 0.00556. The second kappa shape index (κ2) is 5.17. The van der Waals surface area contributed by atoms with Gasteiger partial charge in [0.15, 0.2) is 0 Å². The number of nitrogens with one attached hydrogen (secondary N) is 1. The summed E-state index contributed by atoms with van der Waals surface area (Å²) >= 11 is 1.67. The van der Waals surface area contributed by atoms with Crippen molar-refractivity contribution in [2.45, 2.75) is 26.2 Å². The SMILES string of the molecule is Cc1nc2cc(NC(=O)N3CCCCC3)ccc2s1. The van der Waals surface area contributed by atoms with Crippen molar-refractivity contribution >= 4 is 33.3 Å². The van der Waals surface area contributed by atoms with Crippen molar-refractivity contribution in [2.75, 3.05) is 18.4 Å². The van der Waals surface area contributed by atoms with Crippen LogP contribution in [-0.2, 0) is 0 Å².